The van der Waals surface area contributed by atoms with Crippen molar-refractivity contribution in [2.24, 2.45) is 0 Å². The predicted octanol–water partition coefficient (Wildman–Crippen LogP) is 3.07. The van der Waals surface area contributed by atoms with Crippen LogP contribution in [-0.4, -0.2) is 31.0 Å². The number of halogens is 1. The number of nitrogens with one attached hydrogen (secondary N) is 1. The highest BCUT2D eigenvalue weighted by Gasteiger charge is 2.34. The van der Waals surface area contributed by atoms with Crippen molar-refractivity contribution >= 4 is 17.5 Å². The highest BCUT2D eigenvalue weighted by atomic mass is 19.1. The minimum Gasteiger partial charge on any atom is -0.477 e. The summed E-state index contributed by atoms with van der Waals surface area (Å²) in [6.45, 7) is 4.21. The first-order chi connectivity index (χ1) is 12.5. The van der Waals surface area contributed by atoms with Crippen molar-refractivity contribution in [2.45, 2.75) is 26.4 Å². The molecule has 0 spiro atoms. The van der Waals surface area contributed by atoms with Crippen LogP contribution in [0.25, 0.3) is 0 Å². The number of para-hydroxylation sites is 2. The molecule has 6 heteroatoms. The number of fused-ring (bicyclic) bond motifs is 1. The van der Waals surface area contributed by atoms with Crippen LogP contribution in [-0.2, 0) is 4.79 Å². The van der Waals surface area contributed by atoms with Crippen molar-refractivity contribution in [2.75, 3.05) is 18.0 Å². The molecule has 0 saturated carbocycles. The first-order valence-electron chi connectivity index (χ1n) is 8.62. The molecular weight excluding hydrogens is 335 g/mol. The third-order valence-electron chi connectivity index (χ3n) is 4.28. The lowest BCUT2D eigenvalue weighted by Gasteiger charge is -2.34. The fourth-order valence-corrected chi connectivity index (χ4v) is 2.81. The van der Waals surface area contributed by atoms with Crippen molar-refractivity contribution in [1.82, 2.24) is 5.32 Å². The Balaban J connectivity index is 1.92. The van der Waals surface area contributed by atoms with Crippen LogP contribution in [0, 0.1) is 12.7 Å². The van der Waals surface area contributed by atoms with Crippen molar-refractivity contribution < 1.29 is 18.7 Å². The number of ether oxygens (including phenoxy) is 1. The van der Waals surface area contributed by atoms with Gasteiger partial charge in [0.25, 0.3) is 11.8 Å². The number of carbonyl (C=O) groups excluding carboxylic acids is 2. The van der Waals surface area contributed by atoms with Crippen LogP contribution in [0.2, 0.25) is 0 Å². The zero-order chi connectivity index (χ0) is 18.7. The normalized spacial score (nSPS) is 15.8. The van der Waals surface area contributed by atoms with E-state index in [0.29, 0.717) is 23.5 Å². The average molecular weight is 356 g/mol. The topological polar surface area (TPSA) is 58.6 Å². The van der Waals surface area contributed by atoms with Crippen molar-refractivity contribution in [3.63, 3.8) is 0 Å². The zero-order valence-corrected chi connectivity index (χ0v) is 14.8. The maximum absolute atomic E-state index is 13.9. The Labute approximate surface area is 151 Å². The number of rotatable bonds is 4. The van der Waals surface area contributed by atoms with E-state index >= 15 is 0 Å². The van der Waals surface area contributed by atoms with E-state index in [1.54, 1.807) is 43.3 Å². The lowest BCUT2D eigenvalue weighted by molar-refractivity contribution is -0.127. The SMILES string of the molecule is CCCNC(=O)[C@H]1CN(C(=O)c2ccc(C)c(F)c2)c2ccccc2O1. The van der Waals surface area contributed by atoms with E-state index in [1.165, 1.54) is 11.0 Å². The minimum absolute atomic E-state index is 0.0703. The number of benzene rings is 2. The fourth-order valence-electron chi connectivity index (χ4n) is 2.81. The number of amides is 2. The van der Waals surface area contributed by atoms with Gasteiger partial charge in [0.15, 0.2) is 6.10 Å². The Hall–Kier alpha value is -2.89. The van der Waals surface area contributed by atoms with Gasteiger partial charge in [0, 0.05) is 12.1 Å². The van der Waals surface area contributed by atoms with Gasteiger partial charge >= 0.3 is 0 Å². The van der Waals surface area contributed by atoms with Crippen molar-refractivity contribution in [1.29, 1.82) is 0 Å². The standard InChI is InChI=1S/C20H21FN2O3/c1-3-10-22-19(24)18-12-23(16-6-4-5-7-17(16)26-18)20(25)14-9-8-13(2)15(21)11-14/h4-9,11,18H,3,10,12H2,1-2H3,(H,22,24)/t18-/m1/s1. The maximum atomic E-state index is 13.9. The molecule has 2 aromatic rings. The molecule has 2 amide bonds. The number of anilines is 1. The monoisotopic (exact) mass is 356 g/mol. The molecule has 0 saturated heterocycles. The quantitative estimate of drug-likeness (QED) is 0.916. The van der Waals surface area contributed by atoms with E-state index in [9.17, 15) is 14.0 Å². The molecule has 26 heavy (non-hydrogen) atoms. The van der Waals surface area contributed by atoms with Crippen LogP contribution in [0.3, 0.4) is 0 Å². The summed E-state index contributed by atoms with van der Waals surface area (Å²) in [5, 5.41) is 2.79. The summed E-state index contributed by atoms with van der Waals surface area (Å²) in [7, 11) is 0. The number of carbonyl (C=O) groups is 2. The zero-order valence-electron chi connectivity index (χ0n) is 14.8. The summed E-state index contributed by atoms with van der Waals surface area (Å²) in [6.07, 6.45) is -0.00365. The van der Waals surface area contributed by atoms with Crippen LogP contribution >= 0.6 is 0 Å². The molecular formula is C20H21FN2O3. The van der Waals surface area contributed by atoms with Crippen LogP contribution in [0.5, 0.6) is 5.75 Å². The number of nitrogens with zero attached hydrogens (tertiary/aromatic N) is 1. The predicted molar refractivity (Wildman–Crippen MR) is 97.0 cm³/mol. The fraction of sp³-hybridized carbons (Fsp3) is 0.300. The highest BCUT2D eigenvalue weighted by Crippen LogP contribution is 2.34. The second-order valence-corrected chi connectivity index (χ2v) is 6.24. The first kappa shape index (κ1) is 17.9. The third-order valence-corrected chi connectivity index (χ3v) is 4.28. The van der Waals surface area contributed by atoms with Crippen LogP contribution in [0.4, 0.5) is 10.1 Å². The average Bonchev–Trinajstić information content (AvgIpc) is 2.66. The highest BCUT2D eigenvalue weighted by molar-refractivity contribution is 6.07. The molecule has 0 unspecified atom stereocenters. The summed E-state index contributed by atoms with van der Waals surface area (Å²) in [6, 6.07) is 11.4. The summed E-state index contributed by atoms with van der Waals surface area (Å²) >= 11 is 0. The van der Waals surface area contributed by atoms with E-state index in [4.69, 9.17) is 4.74 Å². The summed E-state index contributed by atoms with van der Waals surface area (Å²) in [5.41, 5.74) is 1.27. The van der Waals surface area contributed by atoms with E-state index in [0.717, 1.165) is 6.42 Å². The molecule has 0 radical (unpaired) electrons. The van der Waals surface area contributed by atoms with Gasteiger partial charge in [0.1, 0.15) is 11.6 Å². The molecule has 5 nitrogen and oxygen atoms in total. The molecule has 3 rings (SSSR count). The molecule has 0 fully saturated rings. The Kier molecular flexibility index (Phi) is 5.21. The largest absolute Gasteiger partial charge is 0.477 e. The molecule has 0 aromatic heterocycles. The van der Waals surface area contributed by atoms with Crippen molar-refractivity contribution in [3.05, 3.63) is 59.4 Å². The van der Waals surface area contributed by atoms with E-state index in [1.807, 2.05) is 6.92 Å². The summed E-state index contributed by atoms with van der Waals surface area (Å²) in [5.74, 6) is -0.617. The second kappa shape index (κ2) is 7.56. The summed E-state index contributed by atoms with van der Waals surface area (Å²) < 4.78 is 19.7. The molecule has 1 heterocycles. The van der Waals surface area contributed by atoms with Crippen molar-refractivity contribution in [3.8, 4) is 5.75 Å². The molecule has 0 aliphatic carbocycles. The lowest BCUT2D eigenvalue weighted by atomic mass is 10.1. The molecule has 1 aliphatic rings. The second-order valence-electron chi connectivity index (χ2n) is 6.24. The van der Waals surface area contributed by atoms with Gasteiger partial charge in [-0.2, -0.15) is 0 Å². The molecule has 2 aromatic carbocycles. The van der Waals surface area contributed by atoms with Gasteiger partial charge in [-0.05, 0) is 43.2 Å². The first-order valence-corrected chi connectivity index (χ1v) is 8.62. The Morgan fingerprint density at radius 3 is 2.77 bits per heavy atom. The maximum Gasteiger partial charge on any atom is 0.262 e. The van der Waals surface area contributed by atoms with Crippen LogP contribution in [0.15, 0.2) is 42.5 Å². The molecule has 1 aliphatic heterocycles. The Bertz CT molecular complexity index is 838. The van der Waals surface area contributed by atoms with Gasteiger partial charge in [-0.25, -0.2) is 4.39 Å². The Morgan fingerprint density at radius 2 is 2.04 bits per heavy atom. The van der Waals surface area contributed by atoms with Crippen LogP contribution < -0.4 is 15.0 Å². The van der Waals surface area contributed by atoms with Gasteiger partial charge in [0.05, 0.1) is 12.2 Å². The van der Waals surface area contributed by atoms with Gasteiger partial charge in [-0.3, -0.25) is 9.59 Å². The van der Waals surface area contributed by atoms with Gasteiger partial charge in [-0.15, -0.1) is 0 Å². The third kappa shape index (κ3) is 3.54. The molecule has 0 bridgehead atoms. The summed E-state index contributed by atoms with van der Waals surface area (Å²) in [4.78, 5) is 26.8. The van der Waals surface area contributed by atoms with Crippen LogP contribution in [0.1, 0.15) is 29.3 Å². The lowest BCUT2D eigenvalue weighted by Crippen LogP contribution is -2.50. The smallest absolute Gasteiger partial charge is 0.262 e. The Morgan fingerprint density at radius 1 is 1.27 bits per heavy atom. The number of aryl methyl sites for hydroxylation is 1. The van der Waals surface area contributed by atoms with E-state index in [2.05, 4.69) is 5.32 Å². The number of hydrogen-bond acceptors (Lipinski definition) is 3. The minimum atomic E-state index is -0.810. The van der Waals surface area contributed by atoms with Gasteiger partial charge in [0.2, 0.25) is 0 Å². The van der Waals surface area contributed by atoms with Gasteiger partial charge < -0.3 is 15.0 Å². The number of hydrogen-bond donors (Lipinski definition) is 1. The van der Waals surface area contributed by atoms with E-state index < -0.39 is 11.9 Å². The molecule has 1 atom stereocenters. The molecule has 136 valence electrons. The van der Waals surface area contributed by atoms with E-state index in [-0.39, 0.29) is 23.9 Å². The van der Waals surface area contributed by atoms with Gasteiger partial charge in [-0.1, -0.05) is 25.1 Å². The molecule has 1 N–H and O–H groups in total.